The maximum atomic E-state index is 13.2. The zero-order valence-electron chi connectivity index (χ0n) is 8.78. The van der Waals surface area contributed by atoms with Gasteiger partial charge in [-0.3, -0.25) is 4.79 Å². The molecular weight excluding hydrogens is 247 g/mol. The average molecular weight is 254 g/mol. The standard InChI is InChI=1S/C10H7F5O2/c1-3(10(16)17-2)4-5(11)7(13)9(15)8(14)6(4)12/h3H,1-2H3. The van der Waals surface area contributed by atoms with Gasteiger partial charge >= 0.3 is 5.97 Å². The number of methoxy groups -OCH3 is 1. The molecule has 2 nitrogen and oxygen atoms in total. The third-order valence-corrected chi connectivity index (χ3v) is 2.23. The molecule has 1 rings (SSSR count). The predicted octanol–water partition coefficient (Wildman–Crippen LogP) is 2.66. The molecule has 0 amide bonds. The molecule has 0 aliphatic carbocycles. The van der Waals surface area contributed by atoms with Crippen LogP contribution in [0.2, 0.25) is 0 Å². The van der Waals surface area contributed by atoms with Crippen LogP contribution in [0.4, 0.5) is 22.0 Å². The van der Waals surface area contributed by atoms with Gasteiger partial charge in [0.25, 0.3) is 0 Å². The Labute approximate surface area is 93.0 Å². The molecule has 7 heteroatoms. The van der Waals surface area contributed by atoms with Gasteiger partial charge in [-0.05, 0) is 6.92 Å². The number of carbonyl (C=O) groups excluding carboxylic acids is 1. The molecular formula is C10H7F5O2. The molecule has 0 bridgehead atoms. The summed E-state index contributed by atoms with van der Waals surface area (Å²) in [5.74, 6) is -13.2. The van der Waals surface area contributed by atoms with E-state index in [0.717, 1.165) is 14.0 Å². The first-order valence-electron chi connectivity index (χ1n) is 4.42. The van der Waals surface area contributed by atoms with E-state index in [1.54, 1.807) is 0 Å². The lowest BCUT2D eigenvalue weighted by atomic mass is 9.99. The Hall–Kier alpha value is -1.66. The Balaban J connectivity index is 3.49. The van der Waals surface area contributed by atoms with Gasteiger partial charge < -0.3 is 4.74 Å². The summed E-state index contributed by atoms with van der Waals surface area (Å²) >= 11 is 0. The van der Waals surface area contributed by atoms with Crippen LogP contribution >= 0.6 is 0 Å². The van der Waals surface area contributed by atoms with E-state index in [9.17, 15) is 26.7 Å². The molecule has 0 aliphatic rings. The summed E-state index contributed by atoms with van der Waals surface area (Å²) in [6.07, 6.45) is 0. The first-order chi connectivity index (χ1) is 7.82. The average Bonchev–Trinajstić information content (AvgIpc) is 2.32. The van der Waals surface area contributed by atoms with Gasteiger partial charge in [0, 0.05) is 5.56 Å². The van der Waals surface area contributed by atoms with Crippen molar-refractivity contribution in [3.63, 3.8) is 0 Å². The van der Waals surface area contributed by atoms with Gasteiger partial charge in [0.15, 0.2) is 23.3 Å². The van der Waals surface area contributed by atoms with Crippen LogP contribution in [0.1, 0.15) is 18.4 Å². The monoisotopic (exact) mass is 254 g/mol. The van der Waals surface area contributed by atoms with Crippen molar-refractivity contribution in [1.82, 2.24) is 0 Å². The van der Waals surface area contributed by atoms with Crippen LogP contribution in [0.25, 0.3) is 0 Å². The van der Waals surface area contributed by atoms with Crippen molar-refractivity contribution in [3.8, 4) is 0 Å². The van der Waals surface area contributed by atoms with Crippen LogP contribution in [-0.4, -0.2) is 13.1 Å². The van der Waals surface area contributed by atoms with E-state index in [1.165, 1.54) is 0 Å². The number of carbonyl (C=O) groups is 1. The van der Waals surface area contributed by atoms with Crippen molar-refractivity contribution >= 4 is 5.97 Å². The lowest BCUT2D eigenvalue weighted by Gasteiger charge is -2.13. The SMILES string of the molecule is COC(=O)C(C)c1c(F)c(F)c(F)c(F)c1F. The van der Waals surface area contributed by atoms with Crippen molar-refractivity contribution in [1.29, 1.82) is 0 Å². The minimum Gasteiger partial charge on any atom is -0.469 e. The molecule has 0 aliphatic heterocycles. The molecule has 1 aromatic carbocycles. The van der Waals surface area contributed by atoms with Crippen LogP contribution in [-0.2, 0) is 9.53 Å². The highest BCUT2D eigenvalue weighted by atomic mass is 19.2. The molecule has 0 N–H and O–H groups in total. The van der Waals surface area contributed by atoms with Gasteiger partial charge in [0.05, 0.1) is 13.0 Å². The molecule has 1 aromatic rings. The maximum absolute atomic E-state index is 13.2. The molecule has 1 atom stereocenters. The molecule has 0 radical (unpaired) electrons. The molecule has 0 heterocycles. The van der Waals surface area contributed by atoms with E-state index in [2.05, 4.69) is 4.74 Å². The van der Waals surface area contributed by atoms with Crippen molar-refractivity contribution in [2.75, 3.05) is 7.11 Å². The summed E-state index contributed by atoms with van der Waals surface area (Å²) in [4.78, 5) is 11.0. The third kappa shape index (κ3) is 2.09. The van der Waals surface area contributed by atoms with Crippen molar-refractivity contribution in [2.24, 2.45) is 0 Å². The number of hydrogen-bond acceptors (Lipinski definition) is 2. The predicted molar refractivity (Wildman–Crippen MR) is 46.7 cm³/mol. The van der Waals surface area contributed by atoms with E-state index in [0.29, 0.717) is 0 Å². The molecule has 0 spiro atoms. The Morgan fingerprint density at radius 1 is 0.941 bits per heavy atom. The van der Waals surface area contributed by atoms with E-state index in [1.807, 2.05) is 0 Å². The highest BCUT2D eigenvalue weighted by Crippen LogP contribution is 2.29. The summed E-state index contributed by atoms with van der Waals surface area (Å²) in [7, 11) is 0.935. The second-order valence-corrected chi connectivity index (χ2v) is 3.23. The molecule has 0 aromatic heterocycles. The molecule has 17 heavy (non-hydrogen) atoms. The fourth-order valence-electron chi connectivity index (χ4n) is 1.30. The Kier molecular flexibility index (Phi) is 3.69. The number of ether oxygens (including phenoxy) is 1. The Bertz CT molecular complexity index is 443. The fourth-order valence-corrected chi connectivity index (χ4v) is 1.30. The molecule has 0 saturated carbocycles. The topological polar surface area (TPSA) is 26.3 Å². The van der Waals surface area contributed by atoms with Gasteiger partial charge in [0.1, 0.15) is 0 Å². The van der Waals surface area contributed by atoms with Crippen molar-refractivity contribution < 1.29 is 31.5 Å². The largest absolute Gasteiger partial charge is 0.469 e. The normalized spacial score (nSPS) is 12.4. The van der Waals surface area contributed by atoms with Gasteiger partial charge in [-0.25, -0.2) is 22.0 Å². The zero-order valence-corrected chi connectivity index (χ0v) is 8.78. The van der Waals surface area contributed by atoms with Gasteiger partial charge in [-0.15, -0.1) is 0 Å². The van der Waals surface area contributed by atoms with E-state index in [-0.39, 0.29) is 0 Å². The number of benzene rings is 1. The number of rotatable bonds is 2. The van der Waals surface area contributed by atoms with Gasteiger partial charge in [0.2, 0.25) is 5.82 Å². The zero-order chi connectivity index (χ0) is 13.3. The van der Waals surface area contributed by atoms with Crippen LogP contribution in [0.15, 0.2) is 0 Å². The third-order valence-electron chi connectivity index (χ3n) is 2.23. The van der Waals surface area contributed by atoms with Crippen LogP contribution in [0.3, 0.4) is 0 Å². The number of hydrogen-bond donors (Lipinski definition) is 0. The van der Waals surface area contributed by atoms with Crippen LogP contribution < -0.4 is 0 Å². The van der Waals surface area contributed by atoms with Gasteiger partial charge in [-0.2, -0.15) is 0 Å². The lowest BCUT2D eigenvalue weighted by Crippen LogP contribution is -2.17. The Morgan fingerprint density at radius 3 is 1.65 bits per heavy atom. The second-order valence-electron chi connectivity index (χ2n) is 3.23. The van der Waals surface area contributed by atoms with Crippen molar-refractivity contribution in [2.45, 2.75) is 12.8 Å². The summed E-state index contributed by atoms with van der Waals surface area (Å²) < 4.78 is 69.0. The van der Waals surface area contributed by atoms with Crippen molar-refractivity contribution in [3.05, 3.63) is 34.6 Å². The highest BCUT2D eigenvalue weighted by molar-refractivity contribution is 5.77. The molecule has 0 fully saturated rings. The maximum Gasteiger partial charge on any atom is 0.313 e. The molecule has 94 valence electrons. The van der Waals surface area contributed by atoms with E-state index in [4.69, 9.17) is 0 Å². The summed E-state index contributed by atoms with van der Waals surface area (Å²) in [6, 6.07) is 0. The van der Waals surface area contributed by atoms with Gasteiger partial charge in [-0.1, -0.05) is 0 Å². The fraction of sp³-hybridized carbons (Fsp3) is 0.300. The summed E-state index contributed by atoms with van der Waals surface area (Å²) in [5.41, 5.74) is -1.20. The summed E-state index contributed by atoms with van der Waals surface area (Å²) in [6.45, 7) is 0.976. The minimum atomic E-state index is -2.26. The number of esters is 1. The number of halogens is 5. The van der Waals surface area contributed by atoms with E-state index < -0.39 is 46.5 Å². The first-order valence-corrected chi connectivity index (χ1v) is 4.42. The molecule has 1 unspecified atom stereocenters. The van der Waals surface area contributed by atoms with Crippen LogP contribution in [0, 0.1) is 29.1 Å². The smallest absolute Gasteiger partial charge is 0.313 e. The quantitative estimate of drug-likeness (QED) is 0.351. The Morgan fingerprint density at radius 2 is 1.29 bits per heavy atom. The van der Waals surface area contributed by atoms with E-state index >= 15 is 0 Å². The summed E-state index contributed by atoms with van der Waals surface area (Å²) in [5, 5.41) is 0. The minimum absolute atomic E-state index is 0.935. The second kappa shape index (κ2) is 4.68. The first kappa shape index (κ1) is 13.4. The lowest BCUT2D eigenvalue weighted by molar-refractivity contribution is -0.142. The van der Waals surface area contributed by atoms with Crippen LogP contribution in [0.5, 0.6) is 0 Å². The highest BCUT2D eigenvalue weighted by Gasteiger charge is 2.31. The molecule has 0 saturated heterocycles.